The monoisotopic (exact) mass is 596 g/mol. The fourth-order valence-corrected chi connectivity index (χ4v) is 5.47. The molecule has 0 radical (unpaired) electrons. The van der Waals surface area contributed by atoms with E-state index in [1.54, 1.807) is 11.2 Å². The Morgan fingerprint density at radius 1 is 1.00 bits per heavy atom. The Morgan fingerprint density at radius 3 is 2.52 bits per heavy atom. The van der Waals surface area contributed by atoms with E-state index in [0.29, 0.717) is 26.3 Å². The van der Waals surface area contributed by atoms with E-state index in [4.69, 9.17) is 9.47 Å². The highest BCUT2D eigenvalue weighted by molar-refractivity contribution is 5.92. The first-order chi connectivity index (χ1) is 21.3. The number of amides is 1. The number of nitrogens with one attached hydrogen (secondary N) is 1. The lowest BCUT2D eigenvalue weighted by Gasteiger charge is -2.35. The number of hydrogen-bond donors (Lipinski definition) is 1. The Morgan fingerprint density at radius 2 is 1.77 bits per heavy atom. The van der Waals surface area contributed by atoms with Gasteiger partial charge in [0.15, 0.2) is 0 Å². The number of benzene rings is 1. The Kier molecular flexibility index (Phi) is 8.85. The second-order valence-corrected chi connectivity index (χ2v) is 12.2. The topological polar surface area (TPSA) is 112 Å². The zero-order valence-electron chi connectivity index (χ0n) is 25.7. The third-order valence-corrected chi connectivity index (χ3v) is 7.83. The lowest BCUT2D eigenvalue weighted by atomic mass is 10.1. The fraction of sp³-hybridized carbons (Fsp3) is 0.424. The van der Waals surface area contributed by atoms with Crippen LogP contribution < -0.4 is 4.90 Å². The van der Waals surface area contributed by atoms with Crippen LogP contribution in [0.2, 0.25) is 0 Å². The number of H-pyrrole nitrogens is 1. The number of ether oxygens (including phenoxy) is 2. The van der Waals surface area contributed by atoms with Crippen LogP contribution in [0, 0.1) is 0 Å². The van der Waals surface area contributed by atoms with E-state index in [1.807, 2.05) is 45.3 Å². The third kappa shape index (κ3) is 7.40. The summed E-state index contributed by atoms with van der Waals surface area (Å²) in [5.41, 5.74) is 5.30. The maximum Gasteiger partial charge on any atom is 0.410 e. The number of nitrogens with zero attached hydrogens (tertiary/aromatic N) is 7. The molecular formula is C33H40N8O3. The first-order valence-corrected chi connectivity index (χ1v) is 15.3. The number of rotatable bonds is 7. The fourth-order valence-electron chi connectivity index (χ4n) is 5.47. The molecule has 3 aromatic heterocycles. The van der Waals surface area contributed by atoms with Gasteiger partial charge in [0, 0.05) is 57.7 Å². The third-order valence-electron chi connectivity index (χ3n) is 7.83. The van der Waals surface area contributed by atoms with Gasteiger partial charge in [-0.2, -0.15) is 0 Å². The first kappa shape index (κ1) is 29.7. The molecule has 6 rings (SSSR count). The number of fused-ring (bicyclic) bond motifs is 1. The van der Waals surface area contributed by atoms with Crippen LogP contribution >= 0.6 is 0 Å². The van der Waals surface area contributed by atoms with E-state index in [1.165, 1.54) is 5.56 Å². The molecule has 2 saturated heterocycles. The SMILES string of the molecule is CC(C)(C)OC(=O)N1CCN(CCc2ccnc(C=Nc3ccc(-c4cc5c(N6CCOCC6)ncnc5[nH]4)cc3)c2)CC1. The number of carbonyl (C=O) groups excluding carboxylic acids is 1. The van der Waals surface area contributed by atoms with Gasteiger partial charge in [-0.15, -0.1) is 0 Å². The number of aliphatic imine (C=N–C) groups is 1. The predicted octanol–water partition coefficient (Wildman–Crippen LogP) is 4.70. The summed E-state index contributed by atoms with van der Waals surface area (Å²) in [5, 5.41) is 1.01. The van der Waals surface area contributed by atoms with Gasteiger partial charge in [0.2, 0.25) is 0 Å². The highest BCUT2D eigenvalue weighted by Crippen LogP contribution is 2.30. The van der Waals surface area contributed by atoms with Gasteiger partial charge >= 0.3 is 6.09 Å². The van der Waals surface area contributed by atoms with E-state index < -0.39 is 5.60 Å². The minimum atomic E-state index is -0.470. The standard InChI is InChI=1S/C33H40N8O3/c1-33(2,3)44-32(42)41-14-12-39(13-15-41)11-9-24-8-10-34-27(20-24)22-35-26-6-4-25(5-7-26)29-21-28-30(38-29)36-23-37-31(28)40-16-18-43-19-17-40/h4-8,10,20-23H,9,11-19H2,1-3H3,(H,36,37,38). The Labute approximate surface area is 257 Å². The highest BCUT2D eigenvalue weighted by Gasteiger charge is 2.25. The second kappa shape index (κ2) is 13.1. The summed E-state index contributed by atoms with van der Waals surface area (Å²) in [6.45, 7) is 12.7. The number of anilines is 1. The van der Waals surface area contributed by atoms with E-state index in [2.05, 4.69) is 65.1 Å². The average molecular weight is 597 g/mol. The maximum atomic E-state index is 12.3. The molecule has 2 aliphatic heterocycles. The summed E-state index contributed by atoms with van der Waals surface area (Å²) in [6, 6.07) is 14.4. The summed E-state index contributed by atoms with van der Waals surface area (Å²) in [7, 11) is 0. The largest absolute Gasteiger partial charge is 0.444 e. The highest BCUT2D eigenvalue weighted by atomic mass is 16.6. The molecule has 1 N–H and O–H groups in total. The van der Waals surface area contributed by atoms with Crippen LogP contribution in [0.4, 0.5) is 16.3 Å². The van der Waals surface area contributed by atoms with E-state index >= 15 is 0 Å². The number of pyridine rings is 1. The number of aromatic nitrogens is 4. The summed E-state index contributed by atoms with van der Waals surface area (Å²) in [6.07, 6.45) is 5.95. The molecule has 0 aliphatic carbocycles. The van der Waals surface area contributed by atoms with E-state index in [0.717, 1.165) is 78.6 Å². The Bertz CT molecular complexity index is 1600. The lowest BCUT2D eigenvalue weighted by molar-refractivity contribution is 0.0146. The van der Waals surface area contributed by atoms with Gasteiger partial charge in [-0.25, -0.2) is 14.8 Å². The van der Waals surface area contributed by atoms with Crippen molar-refractivity contribution in [1.29, 1.82) is 0 Å². The van der Waals surface area contributed by atoms with Crippen molar-refractivity contribution in [3.63, 3.8) is 0 Å². The first-order valence-electron chi connectivity index (χ1n) is 15.3. The molecule has 1 amide bonds. The lowest BCUT2D eigenvalue weighted by Crippen LogP contribution is -2.50. The van der Waals surface area contributed by atoms with Gasteiger partial charge in [-0.3, -0.25) is 14.9 Å². The molecule has 11 heteroatoms. The zero-order chi connectivity index (χ0) is 30.5. The summed E-state index contributed by atoms with van der Waals surface area (Å²) in [4.78, 5) is 40.4. The average Bonchev–Trinajstić information content (AvgIpc) is 3.48. The van der Waals surface area contributed by atoms with Crippen LogP contribution in [0.3, 0.4) is 0 Å². The van der Waals surface area contributed by atoms with Crippen LogP contribution in [0.5, 0.6) is 0 Å². The van der Waals surface area contributed by atoms with E-state index in [-0.39, 0.29) is 6.09 Å². The molecule has 2 aliphatic rings. The Hall–Kier alpha value is -4.35. The van der Waals surface area contributed by atoms with Crippen molar-refractivity contribution < 1.29 is 14.3 Å². The minimum Gasteiger partial charge on any atom is -0.444 e. The van der Waals surface area contributed by atoms with Crippen molar-refractivity contribution in [2.75, 3.05) is 63.9 Å². The number of aromatic amines is 1. The van der Waals surface area contributed by atoms with Crippen molar-refractivity contribution in [1.82, 2.24) is 29.7 Å². The van der Waals surface area contributed by atoms with Crippen molar-refractivity contribution in [2.45, 2.75) is 32.8 Å². The van der Waals surface area contributed by atoms with Gasteiger partial charge in [0.25, 0.3) is 0 Å². The molecule has 0 unspecified atom stereocenters. The predicted molar refractivity (Wildman–Crippen MR) is 172 cm³/mol. The van der Waals surface area contributed by atoms with Gasteiger partial charge < -0.3 is 24.3 Å². The van der Waals surface area contributed by atoms with Crippen molar-refractivity contribution >= 4 is 34.8 Å². The van der Waals surface area contributed by atoms with Crippen LogP contribution in [0.25, 0.3) is 22.3 Å². The number of hydrogen-bond acceptors (Lipinski definition) is 9. The second-order valence-electron chi connectivity index (χ2n) is 12.2. The van der Waals surface area contributed by atoms with Crippen molar-refractivity contribution in [3.05, 3.63) is 66.2 Å². The van der Waals surface area contributed by atoms with Crippen molar-refractivity contribution in [3.8, 4) is 11.3 Å². The molecule has 230 valence electrons. The molecule has 5 heterocycles. The molecule has 0 bridgehead atoms. The van der Waals surface area contributed by atoms with E-state index in [9.17, 15) is 4.79 Å². The molecule has 1 aromatic carbocycles. The maximum absolute atomic E-state index is 12.3. The number of morpholine rings is 1. The van der Waals surface area contributed by atoms with Crippen LogP contribution in [-0.4, -0.2) is 107 Å². The number of carbonyl (C=O) groups is 1. The molecule has 11 nitrogen and oxygen atoms in total. The molecule has 44 heavy (non-hydrogen) atoms. The zero-order valence-corrected chi connectivity index (χ0v) is 25.7. The smallest absolute Gasteiger partial charge is 0.410 e. The summed E-state index contributed by atoms with van der Waals surface area (Å²) < 4.78 is 11.0. The molecule has 4 aromatic rings. The number of piperazine rings is 1. The van der Waals surface area contributed by atoms with Gasteiger partial charge in [-0.1, -0.05) is 12.1 Å². The van der Waals surface area contributed by atoms with Crippen LogP contribution in [-0.2, 0) is 15.9 Å². The molecule has 0 spiro atoms. The summed E-state index contributed by atoms with van der Waals surface area (Å²) in [5.74, 6) is 0.942. The molecule has 0 saturated carbocycles. The van der Waals surface area contributed by atoms with Gasteiger partial charge in [0.1, 0.15) is 23.4 Å². The normalized spacial score (nSPS) is 16.6. The summed E-state index contributed by atoms with van der Waals surface area (Å²) >= 11 is 0. The van der Waals surface area contributed by atoms with Crippen LogP contribution in [0.15, 0.2) is 60.0 Å². The van der Waals surface area contributed by atoms with Crippen LogP contribution in [0.1, 0.15) is 32.0 Å². The van der Waals surface area contributed by atoms with Gasteiger partial charge in [-0.05, 0) is 68.7 Å². The van der Waals surface area contributed by atoms with Crippen molar-refractivity contribution in [2.24, 2.45) is 4.99 Å². The molecule has 0 atom stereocenters. The minimum absolute atomic E-state index is 0.226. The van der Waals surface area contributed by atoms with Gasteiger partial charge in [0.05, 0.1) is 36.2 Å². The molecule has 2 fully saturated rings. The molecular weight excluding hydrogens is 556 g/mol. The quantitative estimate of drug-likeness (QED) is 0.306. The Balaban J connectivity index is 1.03.